The molecule has 2 aliphatic rings. The van der Waals surface area contributed by atoms with Gasteiger partial charge in [0.05, 0.1) is 67.6 Å². The Bertz CT molecular complexity index is 2940. The van der Waals surface area contributed by atoms with Gasteiger partial charge < -0.3 is 28.9 Å². The molecule has 0 spiro atoms. The van der Waals surface area contributed by atoms with E-state index in [2.05, 4.69) is 137 Å². The quantitative estimate of drug-likeness (QED) is 0.0439. The number of H-pyrrole nitrogens is 2. The molecule has 76 heavy (non-hydrogen) atoms. The predicted octanol–water partition coefficient (Wildman–Crippen LogP) is 13.4. The summed E-state index contributed by atoms with van der Waals surface area (Å²) in [5.74, 6) is 0. The van der Waals surface area contributed by atoms with Crippen LogP contribution in [-0.4, -0.2) is 118 Å². The van der Waals surface area contributed by atoms with E-state index in [-0.39, 0.29) is 0 Å². The molecule has 0 fully saturated rings. The molecular weight excluding hydrogens is 1020 g/mol. The van der Waals surface area contributed by atoms with Crippen LogP contribution in [0.1, 0.15) is 22.8 Å². The maximum absolute atomic E-state index is 6.36. The molecule has 2 aliphatic heterocycles. The summed E-state index contributed by atoms with van der Waals surface area (Å²) in [7, 11) is -5.30. The highest BCUT2D eigenvalue weighted by molar-refractivity contribution is 6.77. The van der Waals surface area contributed by atoms with Crippen molar-refractivity contribution in [1.29, 1.82) is 0 Å². The van der Waals surface area contributed by atoms with E-state index in [1.807, 2.05) is 67.8 Å². The van der Waals surface area contributed by atoms with E-state index in [4.69, 9.17) is 49.3 Å². The van der Waals surface area contributed by atoms with Crippen molar-refractivity contribution in [1.82, 2.24) is 59.1 Å². The smallest absolute Gasteiger partial charge is 0.139 e. The molecule has 20 heteroatoms. The zero-order chi connectivity index (χ0) is 53.8. The van der Waals surface area contributed by atoms with Crippen molar-refractivity contribution in [3.8, 4) is 45.0 Å². The van der Waals surface area contributed by atoms with Gasteiger partial charge in [0.25, 0.3) is 0 Å². The molecule has 2 N–H and O–H groups in total. The number of aromatic amines is 2. The third-order valence-corrected chi connectivity index (χ3v) is 20.3. The fourth-order valence-electron chi connectivity index (χ4n) is 8.99. The van der Waals surface area contributed by atoms with Gasteiger partial charge in [0, 0.05) is 106 Å². The fourth-order valence-corrected chi connectivity index (χ4v) is 12.0. The van der Waals surface area contributed by atoms with Crippen LogP contribution in [0.3, 0.4) is 0 Å². The molecule has 402 valence electrons. The topological polar surface area (TPSA) is 166 Å². The van der Waals surface area contributed by atoms with Crippen LogP contribution in [0.2, 0.25) is 103 Å². The van der Waals surface area contributed by atoms with Crippen LogP contribution in [0, 0.1) is 0 Å². The van der Waals surface area contributed by atoms with Gasteiger partial charge in [-0.2, -0.15) is 20.4 Å². The van der Waals surface area contributed by atoms with E-state index in [1.54, 1.807) is 0 Å². The zero-order valence-corrected chi connectivity index (χ0v) is 50.8. The van der Waals surface area contributed by atoms with Gasteiger partial charge in [0.15, 0.2) is 0 Å². The van der Waals surface area contributed by atoms with E-state index < -0.39 is 32.3 Å². The second-order valence-electron chi connectivity index (χ2n) is 24.8. The third-order valence-electron chi connectivity index (χ3n) is 13.5. The highest BCUT2D eigenvalue weighted by Gasteiger charge is 2.25. The number of hydrogen-bond acceptors (Lipinski definition) is 10. The highest BCUT2D eigenvalue weighted by Crippen LogP contribution is 2.39. The van der Waals surface area contributed by atoms with Crippen LogP contribution in [-0.2, 0) is 45.9 Å². The molecule has 0 saturated carbocycles. The second-order valence-corrected chi connectivity index (χ2v) is 47.2. The van der Waals surface area contributed by atoms with Crippen molar-refractivity contribution in [2.75, 3.05) is 26.4 Å². The lowest BCUT2D eigenvalue weighted by atomic mass is 10.1. The average Bonchev–Trinajstić information content (AvgIpc) is 4.23. The summed E-state index contributed by atoms with van der Waals surface area (Å²) in [6.07, 6.45) is 15.7. The largest absolute Gasteiger partial charge is 0.360 e. The molecule has 7 aromatic heterocycles. The maximum atomic E-state index is 6.36. The Balaban J connectivity index is 1.30. The summed E-state index contributed by atoms with van der Waals surface area (Å²) >= 11 is 0. The average molecular weight is 1100 g/mol. The molecule has 9 heterocycles. The van der Waals surface area contributed by atoms with Crippen LogP contribution in [0.25, 0.3) is 91.4 Å². The number of aromatic nitrogens is 12. The number of fused-ring (bicyclic) bond motifs is 8. The minimum Gasteiger partial charge on any atom is -0.360 e. The lowest BCUT2D eigenvalue weighted by Gasteiger charge is -2.16. The van der Waals surface area contributed by atoms with E-state index >= 15 is 0 Å². The number of ether oxygens (including phenoxy) is 4. The van der Waals surface area contributed by atoms with Crippen molar-refractivity contribution < 1.29 is 18.9 Å². The molecule has 0 unspecified atom stereocenters. The lowest BCUT2D eigenvalue weighted by Crippen LogP contribution is -2.22. The first-order valence-corrected chi connectivity index (χ1v) is 41.6. The second kappa shape index (κ2) is 23.0. The van der Waals surface area contributed by atoms with E-state index in [0.29, 0.717) is 53.4 Å². The van der Waals surface area contributed by atoms with Crippen LogP contribution in [0.5, 0.6) is 0 Å². The summed E-state index contributed by atoms with van der Waals surface area (Å²) in [6.45, 7) is 32.3. The Morgan fingerprint density at radius 1 is 0.342 bits per heavy atom. The normalized spacial score (nSPS) is 13.2. The van der Waals surface area contributed by atoms with Crippen LogP contribution < -0.4 is 0 Å². The van der Waals surface area contributed by atoms with Gasteiger partial charge in [0.2, 0.25) is 0 Å². The molecule has 0 atom stereocenters. The fraction of sp³-hybridized carbons (Fsp3) is 0.429. The zero-order valence-electron chi connectivity index (χ0n) is 46.8. The molecule has 9 rings (SSSR count). The van der Waals surface area contributed by atoms with Crippen molar-refractivity contribution in [2.45, 2.75) is 130 Å². The van der Waals surface area contributed by atoms with Crippen LogP contribution in [0.4, 0.5) is 0 Å². The maximum Gasteiger partial charge on any atom is 0.139 e. The van der Waals surface area contributed by atoms with Gasteiger partial charge in [-0.05, 0) is 97.0 Å². The Labute approximate surface area is 451 Å². The summed E-state index contributed by atoms with van der Waals surface area (Å²) < 4.78 is 33.2. The Kier molecular flexibility index (Phi) is 16.6. The minimum absolute atomic E-state index is 0.299. The van der Waals surface area contributed by atoms with Gasteiger partial charge in [-0.15, -0.1) is 0 Å². The minimum atomic E-state index is -1.32. The van der Waals surface area contributed by atoms with Gasteiger partial charge in [0.1, 0.15) is 26.9 Å². The van der Waals surface area contributed by atoms with Crippen molar-refractivity contribution in [3.05, 3.63) is 96.1 Å². The molecule has 0 aliphatic carbocycles. The summed E-state index contributed by atoms with van der Waals surface area (Å²) in [4.78, 5) is 18.9. The van der Waals surface area contributed by atoms with E-state index in [0.717, 1.165) is 114 Å². The lowest BCUT2D eigenvalue weighted by molar-refractivity contribution is 0.0797. The highest BCUT2D eigenvalue weighted by atomic mass is 28.3. The Hall–Kier alpha value is -5.85. The summed E-state index contributed by atoms with van der Waals surface area (Å²) in [5.41, 5.74) is 13.5. The molecule has 0 aromatic carbocycles. The number of hydrogen-bond donors (Lipinski definition) is 2. The van der Waals surface area contributed by atoms with E-state index in [1.165, 1.54) is 0 Å². The number of rotatable bonds is 24. The SMILES string of the molecule is C[Si](C)(C)CCOCn1nccc1-c1c2nc(c(-c3ccnn3COCC[Si](C)(C)C)c3ccc([nH]3)c(-c3ccnn3COCC[Si](C)(C)C)c3nc(c(-c4ccnn4COCC[Si](C)(C)C)c4ccc1[nH]4)C=C3)C=C2. The first kappa shape index (κ1) is 54.9. The molecular formula is C56H78N12O4Si4. The van der Waals surface area contributed by atoms with Gasteiger partial charge in [-0.3, -0.25) is 0 Å². The first-order chi connectivity index (χ1) is 36.2. The van der Waals surface area contributed by atoms with Crippen LogP contribution >= 0.6 is 0 Å². The van der Waals surface area contributed by atoms with Gasteiger partial charge in [-0.1, -0.05) is 78.6 Å². The monoisotopic (exact) mass is 1090 g/mol. The Morgan fingerprint density at radius 3 is 0.776 bits per heavy atom. The first-order valence-electron chi connectivity index (χ1n) is 26.7. The molecule has 0 radical (unpaired) electrons. The Morgan fingerprint density at radius 2 is 0.566 bits per heavy atom. The summed E-state index contributed by atoms with van der Waals surface area (Å²) in [6, 6.07) is 20.9. The molecule has 0 amide bonds. The summed E-state index contributed by atoms with van der Waals surface area (Å²) in [5, 5.41) is 19.3. The van der Waals surface area contributed by atoms with Crippen molar-refractivity contribution >= 4 is 78.7 Å². The number of nitrogens with zero attached hydrogens (tertiary/aromatic N) is 10. The van der Waals surface area contributed by atoms with Gasteiger partial charge >= 0.3 is 0 Å². The van der Waals surface area contributed by atoms with Crippen molar-refractivity contribution in [3.63, 3.8) is 0 Å². The molecule has 7 aromatic rings. The van der Waals surface area contributed by atoms with Crippen LogP contribution in [0.15, 0.2) is 73.3 Å². The predicted molar refractivity (Wildman–Crippen MR) is 320 cm³/mol. The van der Waals surface area contributed by atoms with E-state index in [9.17, 15) is 0 Å². The van der Waals surface area contributed by atoms with Crippen molar-refractivity contribution in [2.24, 2.45) is 0 Å². The number of nitrogens with one attached hydrogen (secondary N) is 2. The third kappa shape index (κ3) is 13.6. The molecule has 16 nitrogen and oxygen atoms in total. The molecule has 0 saturated heterocycles. The molecule has 8 bridgehead atoms. The standard InChI is InChI=1S/C56H78N12O4Si4/c1-73(2,3)33-29-69-37-65-49(21-25-57-65)53-41-13-15-43(61-41)54(50-22-26-58-66(50)38-70-30-34-74(4,5)6)45-17-19-47(63-45)56(52-24-28-60-68(52)40-72-32-36-76(10,11)12)48-20-18-46(64-48)55(44-16-14-42(53)62-44)51-23-27-59-67(51)39-71-31-35-75(7,8)9/h13-28,61,64H,29-40H2,1-12H3. The van der Waals surface area contributed by atoms with Gasteiger partial charge in [-0.25, -0.2) is 28.7 Å².